The predicted octanol–water partition coefficient (Wildman–Crippen LogP) is 1.21. The van der Waals surface area contributed by atoms with Crippen LogP contribution in [0.4, 0.5) is 8.78 Å². The Balaban J connectivity index is 2.04. The largest absolute Gasteiger partial charge is 0.327 e. The molecule has 1 aliphatic rings. The predicted molar refractivity (Wildman–Crippen MR) is 78.3 cm³/mol. The quantitative estimate of drug-likeness (QED) is 0.876. The van der Waals surface area contributed by atoms with Crippen LogP contribution in [0.1, 0.15) is 10.4 Å². The molecule has 2 N–H and O–H groups in total. The first-order chi connectivity index (χ1) is 10.6. The SMILES string of the molecule is O=C(c1cccc2ccc(=O)[nH]c12)N1CCNCC1C(F)F. The van der Waals surface area contributed by atoms with Gasteiger partial charge in [0.25, 0.3) is 12.3 Å². The summed E-state index contributed by atoms with van der Waals surface area (Å²) in [6, 6.07) is 6.78. The zero-order valence-electron chi connectivity index (χ0n) is 11.7. The molecule has 0 radical (unpaired) electrons. The second-order valence-corrected chi connectivity index (χ2v) is 5.20. The van der Waals surface area contributed by atoms with E-state index in [2.05, 4.69) is 10.3 Å². The third-order valence-corrected chi connectivity index (χ3v) is 3.82. The molecule has 2 heterocycles. The Bertz CT molecular complexity index is 760. The molecule has 1 aliphatic heterocycles. The minimum absolute atomic E-state index is 0.0602. The highest BCUT2D eigenvalue weighted by Crippen LogP contribution is 2.20. The molecule has 1 aromatic heterocycles. The summed E-state index contributed by atoms with van der Waals surface area (Å²) >= 11 is 0. The van der Waals surface area contributed by atoms with Crippen LogP contribution < -0.4 is 10.9 Å². The van der Waals surface area contributed by atoms with Crippen LogP contribution in [0, 0.1) is 0 Å². The van der Waals surface area contributed by atoms with Crippen LogP contribution in [-0.4, -0.2) is 47.9 Å². The van der Waals surface area contributed by atoms with Gasteiger partial charge in [-0.25, -0.2) is 8.78 Å². The van der Waals surface area contributed by atoms with Crippen molar-refractivity contribution < 1.29 is 13.6 Å². The molecule has 0 saturated carbocycles. The van der Waals surface area contributed by atoms with Gasteiger partial charge in [0.15, 0.2) is 0 Å². The van der Waals surface area contributed by atoms with Crippen LogP contribution in [0.5, 0.6) is 0 Å². The van der Waals surface area contributed by atoms with E-state index >= 15 is 0 Å². The fourth-order valence-corrected chi connectivity index (χ4v) is 2.71. The number of amides is 1. The van der Waals surface area contributed by atoms with Gasteiger partial charge in [-0.05, 0) is 17.5 Å². The van der Waals surface area contributed by atoms with E-state index in [0.717, 1.165) is 0 Å². The molecular weight excluding hydrogens is 292 g/mol. The number of hydrogen-bond acceptors (Lipinski definition) is 3. The average molecular weight is 307 g/mol. The fraction of sp³-hybridized carbons (Fsp3) is 0.333. The van der Waals surface area contributed by atoms with Crippen molar-refractivity contribution in [2.75, 3.05) is 19.6 Å². The second-order valence-electron chi connectivity index (χ2n) is 5.20. The van der Waals surface area contributed by atoms with E-state index < -0.39 is 18.4 Å². The van der Waals surface area contributed by atoms with E-state index in [1.54, 1.807) is 24.3 Å². The van der Waals surface area contributed by atoms with Gasteiger partial charge >= 0.3 is 0 Å². The maximum Gasteiger partial charge on any atom is 0.259 e. The smallest absolute Gasteiger partial charge is 0.259 e. The van der Waals surface area contributed by atoms with Gasteiger partial charge in [-0.3, -0.25) is 9.59 Å². The Hall–Kier alpha value is -2.28. The summed E-state index contributed by atoms with van der Waals surface area (Å²) in [7, 11) is 0. The molecule has 5 nitrogen and oxygen atoms in total. The molecule has 1 amide bonds. The highest BCUT2D eigenvalue weighted by molar-refractivity contribution is 6.05. The number of benzene rings is 1. The van der Waals surface area contributed by atoms with Gasteiger partial charge in [0.05, 0.1) is 11.1 Å². The van der Waals surface area contributed by atoms with Crippen molar-refractivity contribution in [2.24, 2.45) is 0 Å². The van der Waals surface area contributed by atoms with Crippen LogP contribution in [0.25, 0.3) is 10.9 Å². The van der Waals surface area contributed by atoms with Crippen molar-refractivity contribution in [1.82, 2.24) is 15.2 Å². The van der Waals surface area contributed by atoms with Gasteiger partial charge in [-0.1, -0.05) is 12.1 Å². The summed E-state index contributed by atoms with van der Waals surface area (Å²) < 4.78 is 26.3. The topological polar surface area (TPSA) is 65.2 Å². The summed E-state index contributed by atoms with van der Waals surface area (Å²) in [5.74, 6) is -0.487. The first-order valence-corrected chi connectivity index (χ1v) is 7.00. The van der Waals surface area contributed by atoms with Crippen molar-refractivity contribution in [1.29, 1.82) is 0 Å². The van der Waals surface area contributed by atoms with Crippen molar-refractivity contribution in [2.45, 2.75) is 12.5 Å². The Kier molecular flexibility index (Phi) is 3.89. The number of piperazine rings is 1. The van der Waals surface area contributed by atoms with Crippen LogP contribution in [-0.2, 0) is 0 Å². The minimum Gasteiger partial charge on any atom is -0.327 e. The summed E-state index contributed by atoms with van der Waals surface area (Å²) in [6.45, 7) is 0.738. The molecule has 1 unspecified atom stereocenters. The number of nitrogens with one attached hydrogen (secondary N) is 2. The number of pyridine rings is 1. The molecule has 0 bridgehead atoms. The summed E-state index contributed by atoms with van der Waals surface area (Å²) in [5, 5.41) is 3.56. The zero-order chi connectivity index (χ0) is 15.7. The maximum atomic E-state index is 13.1. The number of alkyl halides is 2. The highest BCUT2D eigenvalue weighted by Gasteiger charge is 2.34. The lowest BCUT2D eigenvalue weighted by Crippen LogP contribution is -2.56. The number of para-hydroxylation sites is 1. The molecule has 2 aromatic rings. The number of aromatic nitrogens is 1. The number of nitrogens with zero attached hydrogens (tertiary/aromatic N) is 1. The molecule has 1 atom stereocenters. The third-order valence-electron chi connectivity index (χ3n) is 3.82. The normalized spacial score (nSPS) is 18.9. The first-order valence-electron chi connectivity index (χ1n) is 7.00. The number of carbonyl (C=O) groups is 1. The molecule has 116 valence electrons. The maximum absolute atomic E-state index is 13.1. The van der Waals surface area contributed by atoms with Crippen LogP contribution in [0.15, 0.2) is 35.1 Å². The lowest BCUT2D eigenvalue weighted by atomic mass is 10.1. The lowest BCUT2D eigenvalue weighted by Gasteiger charge is -2.35. The van der Waals surface area contributed by atoms with Crippen molar-refractivity contribution in [3.8, 4) is 0 Å². The van der Waals surface area contributed by atoms with E-state index in [9.17, 15) is 18.4 Å². The third kappa shape index (κ3) is 2.59. The number of rotatable bonds is 2. The van der Waals surface area contributed by atoms with Gasteiger partial charge in [-0.2, -0.15) is 0 Å². The van der Waals surface area contributed by atoms with E-state index in [4.69, 9.17) is 0 Å². The molecule has 3 rings (SSSR count). The lowest BCUT2D eigenvalue weighted by molar-refractivity contribution is 0.0127. The molecule has 0 aliphatic carbocycles. The van der Waals surface area contributed by atoms with Gasteiger partial charge < -0.3 is 15.2 Å². The number of fused-ring (bicyclic) bond motifs is 1. The minimum atomic E-state index is -2.62. The van der Waals surface area contributed by atoms with E-state index in [-0.39, 0.29) is 24.2 Å². The molecule has 1 fully saturated rings. The molecule has 1 aromatic carbocycles. The molecular formula is C15H15F2N3O2. The first kappa shape index (κ1) is 14.6. The van der Waals surface area contributed by atoms with Crippen molar-refractivity contribution in [3.05, 3.63) is 46.2 Å². The highest BCUT2D eigenvalue weighted by atomic mass is 19.3. The second kappa shape index (κ2) is 5.84. The zero-order valence-corrected chi connectivity index (χ0v) is 11.7. The number of aromatic amines is 1. The standard InChI is InChI=1S/C15H15F2N3O2/c16-14(17)11-8-18-6-7-20(11)15(22)10-3-1-2-9-4-5-12(21)19-13(9)10/h1-5,11,14,18H,6-8H2,(H,19,21). The Labute approximate surface area is 124 Å². The molecule has 0 spiro atoms. The van der Waals surface area contributed by atoms with E-state index in [0.29, 0.717) is 17.4 Å². The number of halogens is 2. The van der Waals surface area contributed by atoms with E-state index in [1.807, 2.05) is 0 Å². The van der Waals surface area contributed by atoms with Crippen molar-refractivity contribution >= 4 is 16.8 Å². The van der Waals surface area contributed by atoms with Gasteiger partial charge in [0.1, 0.15) is 6.04 Å². The number of hydrogen-bond donors (Lipinski definition) is 2. The van der Waals surface area contributed by atoms with E-state index in [1.165, 1.54) is 11.0 Å². The monoisotopic (exact) mass is 307 g/mol. The van der Waals surface area contributed by atoms with Gasteiger partial charge in [-0.15, -0.1) is 0 Å². The molecule has 1 saturated heterocycles. The van der Waals surface area contributed by atoms with Gasteiger partial charge in [0, 0.05) is 25.7 Å². The van der Waals surface area contributed by atoms with Crippen LogP contribution in [0.3, 0.4) is 0 Å². The Morgan fingerprint density at radius 1 is 1.27 bits per heavy atom. The molecule has 22 heavy (non-hydrogen) atoms. The van der Waals surface area contributed by atoms with Gasteiger partial charge in [0.2, 0.25) is 5.56 Å². The Morgan fingerprint density at radius 3 is 2.86 bits per heavy atom. The number of H-pyrrole nitrogens is 1. The summed E-state index contributed by atoms with van der Waals surface area (Å²) in [4.78, 5) is 28.0. The van der Waals surface area contributed by atoms with Crippen LogP contribution >= 0.6 is 0 Å². The summed E-state index contributed by atoms with van der Waals surface area (Å²) in [6.07, 6.45) is -2.62. The average Bonchev–Trinajstić information content (AvgIpc) is 2.53. The fourth-order valence-electron chi connectivity index (χ4n) is 2.71. The Morgan fingerprint density at radius 2 is 2.09 bits per heavy atom. The molecule has 7 heteroatoms. The van der Waals surface area contributed by atoms with Crippen LogP contribution in [0.2, 0.25) is 0 Å². The number of carbonyl (C=O) groups excluding carboxylic acids is 1. The van der Waals surface area contributed by atoms with Crippen molar-refractivity contribution in [3.63, 3.8) is 0 Å². The summed E-state index contributed by atoms with van der Waals surface area (Å²) in [5.41, 5.74) is 0.285.